The summed E-state index contributed by atoms with van der Waals surface area (Å²) in [6.07, 6.45) is 0. The number of benzene rings is 2. The Morgan fingerprint density at radius 1 is 1.06 bits per heavy atom. The van der Waals surface area contributed by atoms with Crippen LogP contribution in [0.4, 0.5) is 5.69 Å². The first-order valence-electron chi connectivity index (χ1n) is 9.87. The number of carbonyl (C=O) groups excluding carboxylic acids is 1. The summed E-state index contributed by atoms with van der Waals surface area (Å²) in [5.41, 5.74) is 4.55. The van der Waals surface area contributed by atoms with Gasteiger partial charge in [-0.25, -0.2) is 9.78 Å². The van der Waals surface area contributed by atoms with Crippen molar-refractivity contribution in [2.45, 2.75) is 6.92 Å². The zero-order valence-corrected chi connectivity index (χ0v) is 17.3. The van der Waals surface area contributed by atoms with Crippen LogP contribution in [-0.2, 0) is 7.05 Å². The fourth-order valence-electron chi connectivity index (χ4n) is 3.68. The summed E-state index contributed by atoms with van der Waals surface area (Å²) in [4.78, 5) is 31.8. The third-order valence-corrected chi connectivity index (χ3v) is 5.12. The first-order valence-corrected chi connectivity index (χ1v) is 9.87. The molecule has 0 aliphatic heterocycles. The van der Waals surface area contributed by atoms with Crippen LogP contribution in [0.25, 0.3) is 33.7 Å². The molecule has 0 unspecified atom stereocenters. The molecule has 1 amide bonds. The van der Waals surface area contributed by atoms with Crippen LogP contribution in [0, 0.1) is 6.92 Å². The Kier molecular flexibility index (Phi) is 4.63. The van der Waals surface area contributed by atoms with Crippen molar-refractivity contribution in [2.75, 3.05) is 5.32 Å². The number of fused-ring (bicyclic) bond motifs is 1. The molecule has 0 bridgehead atoms. The molecule has 0 radical (unpaired) electrons. The number of amides is 1. The molecule has 32 heavy (non-hydrogen) atoms. The fraction of sp³-hybridized carbons (Fsp3) is 0.0870. The molecular formula is C23H18N6O3. The zero-order chi connectivity index (χ0) is 22.2. The first kappa shape index (κ1) is 19.4. The van der Waals surface area contributed by atoms with Crippen LogP contribution < -0.4 is 11.1 Å². The highest BCUT2D eigenvalue weighted by Crippen LogP contribution is 2.28. The lowest BCUT2D eigenvalue weighted by Crippen LogP contribution is -2.13. The monoisotopic (exact) mass is 426 g/mol. The van der Waals surface area contributed by atoms with Gasteiger partial charge in [0.25, 0.3) is 5.91 Å². The summed E-state index contributed by atoms with van der Waals surface area (Å²) < 4.78 is 6.24. The van der Waals surface area contributed by atoms with Gasteiger partial charge < -0.3 is 5.32 Å². The lowest BCUT2D eigenvalue weighted by atomic mass is 10.0. The van der Waals surface area contributed by atoms with E-state index in [1.807, 2.05) is 37.3 Å². The van der Waals surface area contributed by atoms with Gasteiger partial charge in [0, 0.05) is 23.9 Å². The number of aromatic amines is 1. The van der Waals surface area contributed by atoms with Crippen LogP contribution >= 0.6 is 0 Å². The van der Waals surface area contributed by atoms with Gasteiger partial charge in [-0.2, -0.15) is 5.10 Å². The molecule has 5 rings (SSSR count). The Labute approximate surface area is 181 Å². The third kappa shape index (κ3) is 3.45. The molecule has 3 heterocycles. The number of nitrogens with zero attached hydrogens (tertiary/aromatic N) is 4. The summed E-state index contributed by atoms with van der Waals surface area (Å²) in [7, 11) is 1.81. The number of pyridine rings is 1. The highest BCUT2D eigenvalue weighted by atomic mass is 16.5. The summed E-state index contributed by atoms with van der Waals surface area (Å²) in [5.74, 6) is -0.655. The molecule has 0 spiro atoms. The molecule has 0 saturated heterocycles. The van der Waals surface area contributed by atoms with Gasteiger partial charge in [-0.1, -0.05) is 47.6 Å². The van der Waals surface area contributed by atoms with E-state index in [4.69, 9.17) is 4.98 Å². The minimum atomic E-state index is -0.644. The molecule has 2 N–H and O–H groups in total. The smallest absolute Gasteiger partial charge is 0.322 e. The first-order chi connectivity index (χ1) is 15.5. The lowest BCUT2D eigenvalue weighted by Gasteiger charge is -2.10. The Bertz CT molecular complexity index is 1510. The quantitative estimate of drug-likeness (QED) is 0.454. The number of carbonyl (C=O) groups is 1. The van der Waals surface area contributed by atoms with Crippen molar-refractivity contribution in [3.05, 3.63) is 82.5 Å². The minimum Gasteiger partial charge on any atom is -0.322 e. The average Bonchev–Trinajstić information content (AvgIpc) is 3.36. The van der Waals surface area contributed by atoms with Gasteiger partial charge in [-0.15, -0.1) is 0 Å². The molecule has 0 aliphatic carbocycles. The Morgan fingerprint density at radius 3 is 2.59 bits per heavy atom. The van der Waals surface area contributed by atoms with Crippen molar-refractivity contribution in [3.8, 4) is 22.6 Å². The van der Waals surface area contributed by atoms with E-state index < -0.39 is 5.76 Å². The molecule has 9 nitrogen and oxygen atoms in total. The summed E-state index contributed by atoms with van der Waals surface area (Å²) in [6.45, 7) is 1.85. The largest absolute Gasteiger partial charge is 0.439 e. The average molecular weight is 426 g/mol. The van der Waals surface area contributed by atoms with Crippen molar-refractivity contribution < 1.29 is 9.32 Å². The molecule has 2 aromatic carbocycles. The maximum absolute atomic E-state index is 13.4. The zero-order valence-electron chi connectivity index (χ0n) is 17.3. The van der Waals surface area contributed by atoms with Crippen molar-refractivity contribution in [1.29, 1.82) is 0 Å². The van der Waals surface area contributed by atoms with Crippen LogP contribution in [0.15, 0.2) is 70.0 Å². The fourth-order valence-corrected chi connectivity index (χ4v) is 3.68. The number of H-pyrrole nitrogens is 1. The number of anilines is 1. The van der Waals surface area contributed by atoms with Crippen LogP contribution in [0.2, 0.25) is 0 Å². The molecule has 0 fully saturated rings. The number of hydrogen-bond acceptors (Lipinski definition) is 6. The molecule has 158 valence electrons. The van der Waals surface area contributed by atoms with E-state index in [-0.39, 0.29) is 11.7 Å². The van der Waals surface area contributed by atoms with E-state index in [0.29, 0.717) is 39.2 Å². The standard InChI is InChI=1S/C23H18N6O3/c1-13-19-17(12-18(14-7-4-3-5-8-14)25-21(19)29(2)27-13)22(30)24-16-10-6-9-15(11-16)20-26-23(31)32-28-20/h3-12H,1-2H3,(H,24,30)(H,26,28,31). The third-order valence-electron chi connectivity index (χ3n) is 5.12. The van der Waals surface area contributed by atoms with Gasteiger partial charge in [0.15, 0.2) is 11.5 Å². The predicted octanol–water partition coefficient (Wildman–Crippen LogP) is 3.54. The SMILES string of the molecule is Cc1nn(C)c2nc(-c3ccccc3)cc(C(=O)Nc3cccc(-c4noc(=O)[nH]4)c3)c12. The van der Waals surface area contributed by atoms with Gasteiger partial charge >= 0.3 is 5.76 Å². The van der Waals surface area contributed by atoms with Crippen molar-refractivity contribution in [2.24, 2.45) is 7.05 Å². The number of hydrogen-bond donors (Lipinski definition) is 2. The van der Waals surface area contributed by atoms with Gasteiger partial charge in [-0.3, -0.25) is 19.0 Å². The van der Waals surface area contributed by atoms with Crippen molar-refractivity contribution in [3.63, 3.8) is 0 Å². The van der Waals surface area contributed by atoms with Gasteiger partial charge in [0.1, 0.15) is 0 Å². The Morgan fingerprint density at radius 2 is 1.84 bits per heavy atom. The van der Waals surface area contributed by atoms with Gasteiger partial charge in [0.05, 0.1) is 22.3 Å². The van der Waals surface area contributed by atoms with Crippen molar-refractivity contribution in [1.82, 2.24) is 24.9 Å². The maximum Gasteiger partial charge on any atom is 0.439 e. The summed E-state index contributed by atoms with van der Waals surface area (Å²) in [6, 6.07) is 18.4. The van der Waals surface area contributed by atoms with Crippen LogP contribution in [-0.4, -0.2) is 30.8 Å². The molecule has 9 heteroatoms. The number of aryl methyl sites for hydroxylation is 2. The van der Waals surface area contributed by atoms with E-state index in [2.05, 4.69) is 25.1 Å². The van der Waals surface area contributed by atoms with E-state index in [0.717, 1.165) is 5.56 Å². The van der Waals surface area contributed by atoms with E-state index in [1.165, 1.54) is 0 Å². The number of nitrogens with one attached hydrogen (secondary N) is 2. The highest BCUT2D eigenvalue weighted by Gasteiger charge is 2.19. The second-order valence-corrected chi connectivity index (χ2v) is 7.31. The van der Waals surface area contributed by atoms with Gasteiger partial charge in [-0.05, 0) is 25.1 Å². The Balaban J connectivity index is 1.57. The van der Waals surface area contributed by atoms with E-state index in [9.17, 15) is 9.59 Å². The normalized spacial score (nSPS) is 11.1. The molecule has 0 aliphatic rings. The maximum atomic E-state index is 13.4. The van der Waals surface area contributed by atoms with Crippen LogP contribution in [0.1, 0.15) is 16.1 Å². The lowest BCUT2D eigenvalue weighted by molar-refractivity contribution is 0.102. The number of rotatable bonds is 4. The van der Waals surface area contributed by atoms with E-state index in [1.54, 1.807) is 42.1 Å². The van der Waals surface area contributed by atoms with Crippen LogP contribution in [0.5, 0.6) is 0 Å². The molecular weight excluding hydrogens is 408 g/mol. The molecule has 0 saturated carbocycles. The van der Waals surface area contributed by atoms with Gasteiger partial charge in [0.2, 0.25) is 0 Å². The molecule has 3 aromatic heterocycles. The predicted molar refractivity (Wildman–Crippen MR) is 119 cm³/mol. The molecule has 0 atom stereocenters. The van der Waals surface area contributed by atoms with Crippen LogP contribution in [0.3, 0.4) is 0 Å². The minimum absolute atomic E-state index is 0.284. The van der Waals surface area contributed by atoms with E-state index >= 15 is 0 Å². The number of aromatic nitrogens is 5. The summed E-state index contributed by atoms with van der Waals surface area (Å²) >= 11 is 0. The second-order valence-electron chi connectivity index (χ2n) is 7.31. The summed E-state index contributed by atoms with van der Waals surface area (Å²) in [5, 5.41) is 11.8. The Hall–Kier alpha value is -4.53. The molecule has 5 aromatic rings. The topological polar surface area (TPSA) is 119 Å². The highest BCUT2D eigenvalue weighted by molar-refractivity contribution is 6.13. The second kappa shape index (κ2) is 7.62. The van der Waals surface area contributed by atoms with Crippen molar-refractivity contribution >= 4 is 22.6 Å².